The maximum absolute atomic E-state index is 11.3. The third kappa shape index (κ3) is 2.11. The molecule has 0 bridgehead atoms. The zero-order valence-corrected chi connectivity index (χ0v) is 9.05. The van der Waals surface area contributed by atoms with Crippen LogP contribution in [0.3, 0.4) is 0 Å². The summed E-state index contributed by atoms with van der Waals surface area (Å²) in [7, 11) is 1.51. The summed E-state index contributed by atoms with van der Waals surface area (Å²) in [6.45, 7) is 0. The Labute approximate surface area is 94.9 Å². The quantitative estimate of drug-likeness (QED) is 0.552. The molecule has 80 valence electrons. The first kappa shape index (κ1) is 10.4. The second kappa shape index (κ2) is 4.62. The highest BCUT2D eigenvalue weighted by molar-refractivity contribution is 5.91. The molecular weight excluding hydrogens is 198 g/mol. The number of aliphatic imine (C=N–C) groups is 1. The average molecular weight is 210 g/mol. The van der Waals surface area contributed by atoms with Gasteiger partial charge in [0.15, 0.2) is 0 Å². The molecule has 2 aromatic carbocycles. The third-order valence-electron chi connectivity index (χ3n) is 2.44. The third-order valence-corrected chi connectivity index (χ3v) is 2.44. The predicted octanol–water partition coefficient (Wildman–Crippen LogP) is 2.09. The van der Waals surface area contributed by atoms with Gasteiger partial charge in [-0.25, -0.2) is 0 Å². The summed E-state index contributed by atoms with van der Waals surface area (Å²) >= 11 is 0. The van der Waals surface area contributed by atoms with Crippen molar-refractivity contribution in [3.8, 4) is 11.1 Å². The van der Waals surface area contributed by atoms with Crippen molar-refractivity contribution < 1.29 is 5.11 Å². The van der Waals surface area contributed by atoms with Crippen molar-refractivity contribution in [2.24, 2.45) is 4.99 Å². The fourth-order valence-corrected chi connectivity index (χ4v) is 1.56. The lowest BCUT2D eigenvalue weighted by atomic mass is 10.0. The van der Waals surface area contributed by atoms with E-state index in [9.17, 15) is 5.11 Å². The summed E-state index contributed by atoms with van der Waals surface area (Å²) in [6.07, 6.45) is 0. The molecule has 0 N–H and O–H groups in total. The van der Waals surface area contributed by atoms with Crippen molar-refractivity contribution in [2.75, 3.05) is 7.05 Å². The number of hydrogen-bond donors (Lipinski definition) is 0. The van der Waals surface area contributed by atoms with Gasteiger partial charge in [-0.2, -0.15) is 0 Å². The minimum atomic E-state index is -0.181. The van der Waals surface area contributed by atoms with Crippen molar-refractivity contribution >= 4 is 5.90 Å². The predicted molar refractivity (Wildman–Crippen MR) is 64.3 cm³/mol. The van der Waals surface area contributed by atoms with Gasteiger partial charge in [-0.1, -0.05) is 54.6 Å². The molecule has 0 saturated carbocycles. The first-order valence-corrected chi connectivity index (χ1v) is 5.11. The van der Waals surface area contributed by atoms with E-state index in [1.165, 1.54) is 7.05 Å². The number of rotatable bonds is 2. The Morgan fingerprint density at radius 3 is 2.00 bits per heavy atom. The van der Waals surface area contributed by atoms with E-state index in [4.69, 9.17) is 0 Å². The van der Waals surface area contributed by atoms with Crippen LogP contribution in [0.4, 0.5) is 0 Å². The molecule has 0 aliphatic carbocycles. The summed E-state index contributed by atoms with van der Waals surface area (Å²) in [6, 6.07) is 17.5. The fraction of sp³-hybridized carbons (Fsp3) is 0.0714. The van der Waals surface area contributed by atoms with E-state index in [1.54, 1.807) is 12.1 Å². The summed E-state index contributed by atoms with van der Waals surface area (Å²) in [5.41, 5.74) is 2.88. The van der Waals surface area contributed by atoms with Gasteiger partial charge in [0.25, 0.3) is 0 Å². The smallest absolute Gasteiger partial charge is 0.0270 e. The molecule has 0 heterocycles. The molecule has 0 spiro atoms. The SMILES string of the molecule is CN=C([O-])c1ccc(-c2ccccc2)cc1. The molecule has 0 unspecified atom stereocenters. The van der Waals surface area contributed by atoms with Gasteiger partial charge in [0.05, 0.1) is 0 Å². The van der Waals surface area contributed by atoms with E-state index in [0.717, 1.165) is 11.1 Å². The molecule has 2 nitrogen and oxygen atoms in total. The monoisotopic (exact) mass is 210 g/mol. The van der Waals surface area contributed by atoms with Crippen molar-refractivity contribution in [2.45, 2.75) is 0 Å². The highest BCUT2D eigenvalue weighted by Crippen LogP contribution is 2.18. The topological polar surface area (TPSA) is 35.4 Å². The van der Waals surface area contributed by atoms with Crippen molar-refractivity contribution in [3.05, 3.63) is 60.2 Å². The zero-order valence-electron chi connectivity index (χ0n) is 9.05. The Morgan fingerprint density at radius 1 is 0.875 bits per heavy atom. The van der Waals surface area contributed by atoms with Crippen LogP contribution in [0.15, 0.2) is 59.6 Å². The molecule has 0 amide bonds. The fourth-order valence-electron chi connectivity index (χ4n) is 1.56. The highest BCUT2D eigenvalue weighted by Gasteiger charge is 1.96. The first-order valence-electron chi connectivity index (χ1n) is 5.11. The van der Waals surface area contributed by atoms with E-state index in [1.807, 2.05) is 42.5 Å². The van der Waals surface area contributed by atoms with Crippen LogP contribution < -0.4 is 5.11 Å². The Kier molecular flexibility index (Phi) is 3.01. The molecule has 2 aromatic rings. The summed E-state index contributed by atoms with van der Waals surface area (Å²) in [5.74, 6) is -0.181. The Hall–Kier alpha value is -2.09. The molecule has 0 aliphatic heterocycles. The maximum atomic E-state index is 11.3. The van der Waals surface area contributed by atoms with Crippen LogP contribution in [0, 0.1) is 0 Å². The van der Waals surface area contributed by atoms with Gasteiger partial charge in [-0.15, -0.1) is 0 Å². The van der Waals surface area contributed by atoms with Gasteiger partial charge in [0, 0.05) is 7.05 Å². The van der Waals surface area contributed by atoms with Crippen molar-refractivity contribution in [3.63, 3.8) is 0 Å². The molecule has 16 heavy (non-hydrogen) atoms. The molecule has 0 saturated heterocycles. The lowest BCUT2D eigenvalue weighted by Gasteiger charge is -2.10. The number of benzene rings is 2. The minimum absolute atomic E-state index is 0.181. The van der Waals surface area contributed by atoms with Crippen molar-refractivity contribution in [1.29, 1.82) is 0 Å². The van der Waals surface area contributed by atoms with Gasteiger partial charge in [0.1, 0.15) is 0 Å². The Balaban J connectivity index is 2.34. The standard InChI is InChI=1S/C14H13NO/c1-15-14(16)13-9-7-12(8-10-13)11-5-3-2-4-6-11/h2-10H,1H3,(H,15,16)/p-1. The van der Waals surface area contributed by atoms with E-state index in [2.05, 4.69) is 4.99 Å². The van der Waals surface area contributed by atoms with Gasteiger partial charge < -0.3 is 10.1 Å². The number of hydrogen-bond acceptors (Lipinski definition) is 2. The van der Waals surface area contributed by atoms with Crippen LogP contribution in [0.5, 0.6) is 0 Å². The highest BCUT2D eigenvalue weighted by atomic mass is 16.3. The summed E-state index contributed by atoms with van der Waals surface area (Å²) in [5, 5.41) is 11.3. The first-order chi connectivity index (χ1) is 7.81. The largest absolute Gasteiger partial charge is 0.859 e. The van der Waals surface area contributed by atoms with E-state index in [-0.39, 0.29) is 5.90 Å². The second-order valence-electron chi connectivity index (χ2n) is 3.47. The molecule has 0 aliphatic rings. The van der Waals surface area contributed by atoms with Crippen LogP contribution in [0.1, 0.15) is 5.56 Å². The summed E-state index contributed by atoms with van der Waals surface area (Å²) in [4.78, 5) is 3.62. The number of nitrogens with zero attached hydrogens (tertiary/aromatic N) is 1. The van der Waals surface area contributed by atoms with Crippen LogP contribution >= 0.6 is 0 Å². The molecule has 0 radical (unpaired) electrons. The van der Waals surface area contributed by atoms with E-state index >= 15 is 0 Å². The second-order valence-corrected chi connectivity index (χ2v) is 3.47. The van der Waals surface area contributed by atoms with Gasteiger partial charge >= 0.3 is 0 Å². The molecule has 0 atom stereocenters. The normalized spacial score (nSPS) is 11.4. The molecule has 0 fully saturated rings. The van der Waals surface area contributed by atoms with Crippen molar-refractivity contribution in [1.82, 2.24) is 0 Å². The lowest BCUT2D eigenvalue weighted by Crippen LogP contribution is -2.18. The molecular formula is C14H12NO-. The maximum Gasteiger partial charge on any atom is 0.0270 e. The van der Waals surface area contributed by atoms with Gasteiger partial charge in [-0.3, -0.25) is 0 Å². The van der Waals surface area contributed by atoms with Crippen LogP contribution in [-0.4, -0.2) is 12.9 Å². The molecule has 2 rings (SSSR count). The molecule has 2 heteroatoms. The zero-order chi connectivity index (χ0) is 11.4. The van der Waals surface area contributed by atoms with Gasteiger partial charge in [-0.05, 0) is 22.6 Å². The Morgan fingerprint density at radius 2 is 1.44 bits per heavy atom. The summed E-state index contributed by atoms with van der Waals surface area (Å²) < 4.78 is 0. The van der Waals surface area contributed by atoms with Crippen LogP contribution in [-0.2, 0) is 0 Å². The van der Waals surface area contributed by atoms with E-state index in [0.29, 0.717) is 5.56 Å². The Bertz CT molecular complexity index is 486. The van der Waals surface area contributed by atoms with Gasteiger partial charge in [0.2, 0.25) is 0 Å². The lowest BCUT2D eigenvalue weighted by molar-refractivity contribution is -0.213. The van der Waals surface area contributed by atoms with Crippen LogP contribution in [0.25, 0.3) is 11.1 Å². The van der Waals surface area contributed by atoms with E-state index < -0.39 is 0 Å². The average Bonchev–Trinajstić information content (AvgIpc) is 2.39. The molecule has 0 aromatic heterocycles. The van der Waals surface area contributed by atoms with Crippen LogP contribution in [0.2, 0.25) is 0 Å². The minimum Gasteiger partial charge on any atom is -0.859 e.